The molecule has 1 amide bonds. The van der Waals surface area contributed by atoms with Gasteiger partial charge in [-0.25, -0.2) is 9.78 Å². The molecule has 1 aromatic rings. The molecule has 1 unspecified atom stereocenters. The molecule has 1 heterocycles. The number of nitrogens with zero attached hydrogens (tertiary/aromatic N) is 1. The standard InChI is InChI=1S/C12H17BrN2O3/c1-12(2,3)18-11(17)14-7-9(16)8-5-4-6-10(13)15-8/h4-6,9,16H,7H2,1-3H3,(H,14,17). The number of aromatic nitrogens is 1. The van der Waals surface area contributed by atoms with Crippen molar-refractivity contribution in [3.63, 3.8) is 0 Å². The average molecular weight is 317 g/mol. The van der Waals surface area contributed by atoms with Gasteiger partial charge in [0.15, 0.2) is 0 Å². The van der Waals surface area contributed by atoms with Gasteiger partial charge in [0.25, 0.3) is 0 Å². The Hall–Kier alpha value is -1.14. The number of aliphatic hydroxyl groups is 1. The summed E-state index contributed by atoms with van der Waals surface area (Å²) in [6.45, 7) is 5.38. The molecule has 0 aliphatic heterocycles. The number of hydrogen-bond donors (Lipinski definition) is 2. The van der Waals surface area contributed by atoms with Gasteiger partial charge in [0.05, 0.1) is 12.2 Å². The Bertz CT molecular complexity index is 418. The van der Waals surface area contributed by atoms with E-state index in [-0.39, 0.29) is 6.54 Å². The number of ether oxygens (including phenoxy) is 1. The first kappa shape index (κ1) is 14.9. The van der Waals surface area contributed by atoms with Crippen LogP contribution >= 0.6 is 15.9 Å². The first-order valence-corrected chi connectivity index (χ1v) is 6.34. The van der Waals surface area contributed by atoms with Crippen molar-refractivity contribution >= 4 is 22.0 Å². The number of rotatable bonds is 3. The van der Waals surface area contributed by atoms with E-state index in [1.807, 2.05) is 0 Å². The lowest BCUT2D eigenvalue weighted by atomic mass is 10.2. The maximum absolute atomic E-state index is 11.4. The van der Waals surface area contributed by atoms with E-state index in [1.165, 1.54) is 0 Å². The van der Waals surface area contributed by atoms with Crippen molar-refractivity contribution in [2.24, 2.45) is 0 Å². The molecular formula is C12H17BrN2O3. The van der Waals surface area contributed by atoms with E-state index in [9.17, 15) is 9.90 Å². The summed E-state index contributed by atoms with van der Waals surface area (Å²) in [7, 11) is 0. The minimum Gasteiger partial charge on any atom is -0.444 e. The van der Waals surface area contributed by atoms with Crippen LogP contribution in [0.15, 0.2) is 22.8 Å². The highest BCUT2D eigenvalue weighted by atomic mass is 79.9. The molecule has 0 aliphatic rings. The molecule has 0 saturated carbocycles. The molecule has 2 N–H and O–H groups in total. The first-order chi connectivity index (χ1) is 8.28. The Kier molecular flexibility index (Phi) is 5.10. The quantitative estimate of drug-likeness (QED) is 0.840. The first-order valence-electron chi connectivity index (χ1n) is 5.55. The lowest BCUT2D eigenvalue weighted by molar-refractivity contribution is 0.0490. The van der Waals surface area contributed by atoms with Crippen LogP contribution in [0.25, 0.3) is 0 Å². The van der Waals surface area contributed by atoms with E-state index < -0.39 is 17.8 Å². The van der Waals surface area contributed by atoms with Gasteiger partial charge in [0.1, 0.15) is 16.3 Å². The number of pyridine rings is 1. The monoisotopic (exact) mass is 316 g/mol. The molecule has 18 heavy (non-hydrogen) atoms. The molecule has 6 heteroatoms. The number of hydrogen-bond acceptors (Lipinski definition) is 4. The van der Waals surface area contributed by atoms with Crippen molar-refractivity contribution in [2.45, 2.75) is 32.5 Å². The predicted octanol–water partition coefficient (Wildman–Crippen LogP) is 2.40. The van der Waals surface area contributed by atoms with Crippen LogP contribution in [0, 0.1) is 0 Å². The van der Waals surface area contributed by atoms with E-state index in [0.717, 1.165) is 0 Å². The normalized spacial score (nSPS) is 12.9. The Morgan fingerprint density at radius 1 is 1.56 bits per heavy atom. The lowest BCUT2D eigenvalue weighted by Crippen LogP contribution is -2.34. The van der Waals surface area contributed by atoms with Gasteiger partial charge < -0.3 is 15.2 Å². The van der Waals surface area contributed by atoms with Crippen molar-refractivity contribution in [1.82, 2.24) is 10.3 Å². The fourth-order valence-electron chi connectivity index (χ4n) is 1.21. The largest absolute Gasteiger partial charge is 0.444 e. The molecule has 0 radical (unpaired) electrons. The summed E-state index contributed by atoms with van der Waals surface area (Å²) in [4.78, 5) is 15.5. The van der Waals surface area contributed by atoms with Crippen molar-refractivity contribution in [2.75, 3.05) is 6.54 Å². The molecule has 0 aromatic carbocycles. The summed E-state index contributed by atoms with van der Waals surface area (Å²) in [5, 5.41) is 12.3. The maximum Gasteiger partial charge on any atom is 0.407 e. The van der Waals surface area contributed by atoms with Crippen LogP contribution in [0.5, 0.6) is 0 Å². The number of carbonyl (C=O) groups excluding carboxylic acids is 1. The van der Waals surface area contributed by atoms with Gasteiger partial charge in [-0.2, -0.15) is 0 Å². The summed E-state index contributed by atoms with van der Waals surface area (Å²) in [6.07, 6.45) is -1.42. The smallest absolute Gasteiger partial charge is 0.407 e. The molecule has 0 saturated heterocycles. The summed E-state index contributed by atoms with van der Waals surface area (Å²) >= 11 is 3.22. The molecule has 0 aliphatic carbocycles. The van der Waals surface area contributed by atoms with Crippen LogP contribution in [-0.2, 0) is 4.74 Å². The molecular weight excluding hydrogens is 300 g/mol. The van der Waals surface area contributed by atoms with Gasteiger partial charge in [-0.05, 0) is 48.8 Å². The van der Waals surface area contributed by atoms with Crippen LogP contribution in [0.3, 0.4) is 0 Å². The second-order valence-electron chi connectivity index (χ2n) is 4.78. The predicted molar refractivity (Wildman–Crippen MR) is 71.1 cm³/mol. The molecule has 1 atom stereocenters. The summed E-state index contributed by atoms with van der Waals surface area (Å²) in [5.74, 6) is 0. The maximum atomic E-state index is 11.4. The molecule has 0 spiro atoms. The van der Waals surface area contributed by atoms with Gasteiger partial charge in [0.2, 0.25) is 0 Å². The van der Waals surface area contributed by atoms with Crippen LogP contribution in [0.4, 0.5) is 4.79 Å². The molecule has 1 aromatic heterocycles. The van der Waals surface area contributed by atoms with Gasteiger partial charge in [0, 0.05) is 0 Å². The molecule has 0 bridgehead atoms. The highest BCUT2D eigenvalue weighted by Crippen LogP contribution is 2.13. The summed E-state index contributed by atoms with van der Waals surface area (Å²) in [6, 6.07) is 5.22. The third kappa shape index (κ3) is 5.46. The van der Waals surface area contributed by atoms with Gasteiger partial charge >= 0.3 is 6.09 Å². The van der Waals surface area contributed by atoms with Crippen molar-refractivity contribution in [1.29, 1.82) is 0 Å². The zero-order valence-electron chi connectivity index (χ0n) is 10.6. The second kappa shape index (κ2) is 6.15. The summed E-state index contributed by atoms with van der Waals surface area (Å²) < 4.78 is 5.69. The van der Waals surface area contributed by atoms with Crippen LogP contribution in [0.1, 0.15) is 32.6 Å². The number of amides is 1. The van der Waals surface area contributed by atoms with E-state index in [4.69, 9.17) is 4.74 Å². The molecule has 100 valence electrons. The van der Waals surface area contributed by atoms with E-state index >= 15 is 0 Å². The van der Waals surface area contributed by atoms with Crippen molar-refractivity contribution in [3.05, 3.63) is 28.5 Å². The van der Waals surface area contributed by atoms with E-state index in [2.05, 4.69) is 26.2 Å². The Balaban J connectivity index is 2.46. The SMILES string of the molecule is CC(C)(C)OC(=O)NCC(O)c1cccc(Br)n1. The Morgan fingerprint density at radius 2 is 2.22 bits per heavy atom. The second-order valence-corrected chi connectivity index (χ2v) is 5.60. The van der Waals surface area contributed by atoms with Crippen molar-refractivity contribution < 1.29 is 14.6 Å². The average Bonchev–Trinajstić information content (AvgIpc) is 2.23. The fraction of sp³-hybridized carbons (Fsp3) is 0.500. The van der Waals surface area contributed by atoms with Gasteiger partial charge in [-0.15, -0.1) is 0 Å². The van der Waals surface area contributed by atoms with Gasteiger partial charge in [-0.1, -0.05) is 6.07 Å². The minimum atomic E-state index is -0.866. The Labute approximate surface area is 115 Å². The van der Waals surface area contributed by atoms with E-state index in [1.54, 1.807) is 39.0 Å². The number of alkyl carbamates (subject to hydrolysis) is 1. The van der Waals surface area contributed by atoms with E-state index in [0.29, 0.717) is 10.3 Å². The third-order valence-corrected chi connectivity index (χ3v) is 2.36. The number of nitrogens with one attached hydrogen (secondary N) is 1. The topological polar surface area (TPSA) is 71.5 Å². The zero-order chi connectivity index (χ0) is 13.8. The third-order valence-electron chi connectivity index (χ3n) is 1.92. The Morgan fingerprint density at radius 3 is 2.78 bits per heavy atom. The highest BCUT2D eigenvalue weighted by Gasteiger charge is 2.17. The number of aliphatic hydroxyl groups excluding tert-OH is 1. The molecule has 1 rings (SSSR count). The van der Waals surface area contributed by atoms with Gasteiger partial charge in [-0.3, -0.25) is 0 Å². The molecule has 0 fully saturated rings. The number of carbonyl (C=O) groups is 1. The van der Waals surface area contributed by atoms with Crippen LogP contribution in [0.2, 0.25) is 0 Å². The molecule has 5 nitrogen and oxygen atoms in total. The minimum absolute atomic E-state index is 0.0539. The van der Waals surface area contributed by atoms with Crippen molar-refractivity contribution in [3.8, 4) is 0 Å². The van der Waals surface area contributed by atoms with Crippen LogP contribution < -0.4 is 5.32 Å². The summed E-state index contributed by atoms with van der Waals surface area (Å²) in [5.41, 5.74) is -0.0660. The zero-order valence-corrected chi connectivity index (χ0v) is 12.2. The highest BCUT2D eigenvalue weighted by molar-refractivity contribution is 9.10. The fourth-order valence-corrected chi connectivity index (χ4v) is 1.57. The van der Waals surface area contributed by atoms with Crippen LogP contribution in [-0.4, -0.2) is 28.3 Å². The number of halogens is 1. The lowest BCUT2D eigenvalue weighted by Gasteiger charge is -2.20.